The molecule has 7 heteroatoms. The molecule has 0 saturated heterocycles. The molecule has 4 N–H and O–H groups in total. The van der Waals surface area contributed by atoms with Gasteiger partial charge in [0.2, 0.25) is 0 Å². The molecule has 1 aromatic heterocycles. The van der Waals surface area contributed by atoms with E-state index in [1.807, 2.05) is 0 Å². The number of nitrogen functional groups attached to an aromatic ring is 1. The van der Waals surface area contributed by atoms with Gasteiger partial charge in [0.1, 0.15) is 5.69 Å². The van der Waals surface area contributed by atoms with Crippen LogP contribution in [0.1, 0.15) is 29.8 Å². The standard InChI is InChI=1S/C11H17N5OS/c1-18-9-4-2-3-7(9)15-11(17)8-5-14-10(16-12)6-13-8/h5-7,9H,2-4,12H2,1H3,(H,14,16)(H,15,17). The van der Waals surface area contributed by atoms with E-state index in [-0.39, 0.29) is 11.9 Å². The summed E-state index contributed by atoms with van der Waals surface area (Å²) in [6, 6.07) is 0.238. The molecule has 1 amide bonds. The van der Waals surface area contributed by atoms with Gasteiger partial charge in [-0.2, -0.15) is 11.8 Å². The van der Waals surface area contributed by atoms with Crippen LogP contribution >= 0.6 is 11.8 Å². The molecule has 0 radical (unpaired) electrons. The van der Waals surface area contributed by atoms with Crippen molar-refractivity contribution in [3.8, 4) is 0 Å². The van der Waals surface area contributed by atoms with Gasteiger partial charge < -0.3 is 10.7 Å². The third kappa shape index (κ3) is 2.91. The highest BCUT2D eigenvalue weighted by atomic mass is 32.2. The van der Waals surface area contributed by atoms with Gasteiger partial charge in [-0.05, 0) is 19.1 Å². The maximum absolute atomic E-state index is 12.0. The van der Waals surface area contributed by atoms with Crippen LogP contribution in [0.4, 0.5) is 5.82 Å². The fraction of sp³-hybridized carbons (Fsp3) is 0.545. The van der Waals surface area contributed by atoms with Gasteiger partial charge in [0.15, 0.2) is 5.82 Å². The minimum absolute atomic E-state index is 0.169. The summed E-state index contributed by atoms with van der Waals surface area (Å²) in [7, 11) is 0. The summed E-state index contributed by atoms with van der Waals surface area (Å²) in [6.45, 7) is 0. The summed E-state index contributed by atoms with van der Waals surface area (Å²) in [5, 5.41) is 3.53. The van der Waals surface area contributed by atoms with E-state index >= 15 is 0 Å². The lowest BCUT2D eigenvalue weighted by Crippen LogP contribution is -2.39. The summed E-state index contributed by atoms with van der Waals surface area (Å²) < 4.78 is 0. The van der Waals surface area contributed by atoms with Crippen LogP contribution in [0, 0.1) is 0 Å². The van der Waals surface area contributed by atoms with Crippen molar-refractivity contribution in [1.82, 2.24) is 15.3 Å². The number of nitrogens with two attached hydrogens (primary N) is 1. The molecule has 1 aromatic rings. The molecule has 2 unspecified atom stereocenters. The van der Waals surface area contributed by atoms with E-state index in [1.54, 1.807) is 11.8 Å². The molecule has 2 rings (SSSR count). The van der Waals surface area contributed by atoms with Crippen LogP contribution in [0.5, 0.6) is 0 Å². The van der Waals surface area contributed by atoms with Gasteiger partial charge in [0, 0.05) is 11.3 Å². The third-order valence-corrected chi connectivity index (χ3v) is 4.27. The number of hydrogen-bond donors (Lipinski definition) is 3. The van der Waals surface area contributed by atoms with Gasteiger partial charge in [0.05, 0.1) is 12.4 Å². The van der Waals surface area contributed by atoms with Crippen LogP contribution in [0.25, 0.3) is 0 Å². The molecule has 1 aliphatic rings. The highest BCUT2D eigenvalue weighted by Gasteiger charge is 2.28. The first-order valence-corrected chi connectivity index (χ1v) is 7.15. The second-order valence-electron chi connectivity index (χ2n) is 4.22. The lowest BCUT2D eigenvalue weighted by Gasteiger charge is -2.18. The van der Waals surface area contributed by atoms with Crippen molar-refractivity contribution < 1.29 is 4.79 Å². The monoisotopic (exact) mass is 267 g/mol. The van der Waals surface area contributed by atoms with Gasteiger partial charge in [-0.15, -0.1) is 0 Å². The number of aromatic nitrogens is 2. The first kappa shape index (κ1) is 13.1. The predicted molar refractivity (Wildman–Crippen MR) is 72.3 cm³/mol. The van der Waals surface area contributed by atoms with Crippen LogP contribution in [0.15, 0.2) is 12.4 Å². The molecule has 1 saturated carbocycles. The Hall–Kier alpha value is -1.34. The zero-order valence-electron chi connectivity index (χ0n) is 10.2. The number of amides is 1. The Balaban J connectivity index is 1.98. The Bertz CT molecular complexity index is 410. The summed E-state index contributed by atoms with van der Waals surface area (Å²) in [4.78, 5) is 20.0. The number of carbonyl (C=O) groups is 1. The predicted octanol–water partition coefficient (Wildman–Crippen LogP) is 0.776. The molecule has 1 fully saturated rings. The number of thioether (sulfide) groups is 1. The molecule has 0 aliphatic heterocycles. The lowest BCUT2D eigenvalue weighted by atomic mass is 10.2. The fourth-order valence-corrected chi connectivity index (χ4v) is 3.07. The largest absolute Gasteiger partial charge is 0.347 e. The topological polar surface area (TPSA) is 92.9 Å². The van der Waals surface area contributed by atoms with Crippen molar-refractivity contribution in [3.63, 3.8) is 0 Å². The number of anilines is 1. The normalized spacial score (nSPS) is 22.8. The van der Waals surface area contributed by atoms with Crippen molar-refractivity contribution in [3.05, 3.63) is 18.1 Å². The number of hydrogen-bond acceptors (Lipinski definition) is 6. The summed E-state index contributed by atoms with van der Waals surface area (Å²) in [5.41, 5.74) is 2.69. The second-order valence-corrected chi connectivity index (χ2v) is 5.29. The number of rotatable bonds is 4. The Morgan fingerprint density at radius 3 is 2.89 bits per heavy atom. The molecule has 1 heterocycles. The Morgan fingerprint density at radius 2 is 2.28 bits per heavy atom. The highest BCUT2D eigenvalue weighted by molar-refractivity contribution is 7.99. The average molecular weight is 267 g/mol. The second kappa shape index (κ2) is 6.01. The van der Waals surface area contributed by atoms with Gasteiger partial charge >= 0.3 is 0 Å². The van der Waals surface area contributed by atoms with E-state index < -0.39 is 0 Å². The highest BCUT2D eigenvalue weighted by Crippen LogP contribution is 2.28. The van der Waals surface area contributed by atoms with Crippen molar-refractivity contribution >= 4 is 23.5 Å². The van der Waals surface area contributed by atoms with Gasteiger partial charge in [-0.3, -0.25) is 4.79 Å². The van der Waals surface area contributed by atoms with E-state index in [4.69, 9.17) is 5.84 Å². The first-order valence-electron chi connectivity index (χ1n) is 5.87. The SMILES string of the molecule is CSC1CCCC1NC(=O)c1cnc(NN)cn1. The third-order valence-electron chi connectivity index (χ3n) is 3.10. The molecule has 6 nitrogen and oxygen atoms in total. The molecule has 0 spiro atoms. The zero-order chi connectivity index (χ0) is 13.0. The van der Waals surface area contributed by atoms with Crippen molar-refractivity contribution in [2.75, 3.05) is 11.7 Å². The first-order chi connectivity index (χ1) is 8.74. The van der Waals surface area contributed by atoms with Crippen LogP contribution < -0.4 is 16.6 Å². The van der Waals surface area contributed by atoms with Gasteiger partial charge in [-0.1, -0.05) is 6.42 Å². The minimum atomic E-state index is -0.169. The fourth-order valence-electron chi connectivity index (χ4n) is 2.14. The molecule has 98 valence electrons. The van der Waals surface area contributed by atoms with E-state index in [2.05, 4.69) is 27.0 Å². The van der Waals surface area contributed by atoms with E-state index in [9.17, 15) is 4.79 Å². The van der Waals surface area contributed by atoms with E-state index in [0.717, 1.165) is 19.3 Å². The average Bonchev–Trinajstić information content (AvgIpc) is 2.86. The quantitative estimate of drug-likeness (QED) is 0.551. The van der Waals surface area contributed by atoms with Crippen LogP contribution in [0.3, 0.4) is 0 Å². The molecular formula is C11H17N5OS. The molecule has 18 heavy (non-hydrogen) atoms. The Labute approximate surface area is 110 Å². The Morgan fingerprint density at radius 1 is 1.44 bits per heavy atom. The van der Waals surface area contributed by atoms with Crippen molar-refractivity contribution in [2.45, 2.75) is 30.6 Å². The van der Waals surface area contributed by atoms with Crippen molar-refractivity contribution in [2.24, 2.45) is 5.84 Å². The molecule has 2 atom stereocenters. The smallest absolute Gasteiger partial charge is 0.271 e. The van der Waals surface area contributed by atoms with Crippen LogP contribution in [-0.2, 0) is 0 Å². The maximum atomic E-state index is 12.0. The molecule has 1 aliphatic carbocycles. The summed E-state index contributed by atoms with van der Waals surface area (Å²) in [5.74, 6) is 5.46. The number of carbonyl (C=O) groups excluding carboxylic acids is 1. The van der Waals surface area contributed by atoms with Crippen LogP contribution in [0.2, 0.25) is 0 Å². The maximum Gasteiger partial charge on any atom is 0.271 e. The Kier molecular flexibility index (Phi) is 4.38. The minimum Gasteiger partial charge on any atom is -0.347 e. The number of hydrazine groups is 1. The van der Waals surface area contributed by atoms with Crippen LogP contribution in [-0.4, -0.2) is 33.4 Å². The number of nitrogens with zero attached hydrogens (tertiary/aromatic N) is 2. The van der Waals surface area contributed by atoms with Crippen molar-refractivity contribution in [1.29, 1.82) is 0 Å². The number of nitrogens with one attached hydrogen (secondary N) is 2. The van der Waals surface area contributed by atoms with E-state index in [0.29, 0.717) is 16.8 Å². The van der Waals surface area contributed by atoms with E-state index in [1.165, 1.54) is 12.4 Å². The molecule has 0 bridgehead atoms. The summed E-state index contributed by atoms with van der Waals surface area (Å²) >= 11 is 1.81. The van der Waals surface area contributed by atoms with Gasteiger partial charge in [-0.25, -0.2) is 15.8 Å². The zero-order valence-corrected chi connectivity index (χ0v) is 11.0. The lowest BCUT2D eigenvalue weighted by molar-refractivity contribution is 0.0933. The molecular weight excluding hydrogens is 250 g/mol. The van der Waals surface area contributed by atoms with Gasteiger partial charge in [0.25, 0.3) is 5.91 Å². The summed E-state index contributed by atoms with van der Waals surface area (Å²) in [6.07, 6.45) is 8.30. The molecule has 0 aromatic carbocycles.